The number of ether oxygens (including phenoxy) is 2. The molecule has 9 aromatic carbocycles. The second-order valence-electron chi connectivity index (χ2n) is 16.5. The third-order valence-electron chi connectivity index (χ3n) is 12.7. The van der Waals surface area contributed by atoms with E-state index in [1.54, 1.807) is 0 Å². The first-order chi connectivity index (χ1) is 29.5. The molecule has 0 N–H and O–H groups in total. The zero-order valence-corrected chi connectivity index (χ0v) is 33.3. The van der Waals surface area contributed by atoms with Crippen molar-refractivity contribution in [3.05, 3.63) is 211 Å². The molecule has 2 heterocycles. The molecule has 1 aliphatic carbocycles. The molecule has 0 radical (unpaired) electrons. The number of benzene rings is 9. The highest BCUT2D eigenvalue weighted by molar-refractivity contribution is 6.98. The Balaban J connectivity index is 1.07. The van der Waals surface area contributed by atoms with Gasteiger partial charge >= 0.3 is 0 Å². The number of para-hydroxylation sites is 5. The van der Waals surface area contributed by atoms with E-state index >= 15 is 0 Å². The lowest BCUT2D eigenvalue weighted by Gasteiger charge is -2.35. The van der Waals surface area contributed by atoms with Crippen LogP contribution in [0.15, 0.2) is 200 Å². The van der Waals surface area contributed by atoms with Gasteiger partial charge in [-0.1, -0.05) is 135 Å². The van der Waals surface area contributed by atoms with Crippen LogP contribution in [0.2, 0.25) is 0 Å². The van der Waals surface area contributed by atoms with Gasteiger partial charge in [0.2, 0.25) is 0 Å². The maximum Gasteiger partial charge on any atom is 0.260 e. The normalized spacial score (nSPS) is 13.5. The van der Waals surface area contributed by atoms with Crippen molar-refractivity contribution in [3.63, 3.8) is 0 Å². The molecule has 0 unspecified atom stereocenters. The molecule has 0 atom stereocenters. The van der Waals surface area contributed by atoms with Crippen LogP contribution in [0.25, 0.3) is 21.9 Å². The summed E-state index contributed by atoms with van der Waals surface area (Å²) in [5, 5.41) is 2.43. The van der Waals surface area contributed by atoms with Crippen LogP contribution in [0, 0.1) is 0 Å². The number of rotatable bonds is 6. The average molecular weight is 771 g/mol. The van der Waals surface area contributed by atoms with E-state index in [4.69, 9.17) is 9.47 Å². The van der Waals surface area contributed by atoms with Crippen LogP contribution in [-0.4, -0.2) is 6.71 Å². The second kappa shape index (κ2) is 13.3. The van der Waals surface area contributed by atoms with E-state index in [0.29, 0.717) is 0 Å². The number of anilines is 6. The predicted octanol–water partition coefficient (Wildman–Crippen LogP) is 12.8. The maximum atomic E-state index is 7.19. The standard InChI is InChI=1S/C55H39BN2O2/c1-55(2)44-34-47-50(33-43(44)53-42-28-16-15-27-41(42)48(35-45(53)55)58(38-23-11-5-12-24-38)39-25-13-6-14-26-39)60-52-32-40(31-51-54(52)56(47)46-29-17-18-30-49(46)59-51)57(36-19-7-3-8-20-36)37-21-9-4-10-22-37/h3-35H,1-2H3. The highest BCUT2D eigenvalue weighted by atomic mass is 16.5. The topological polar surface area (TPSA) is 24.9 Å². The van der Waals surface area contributed by atoms with Crippen molar-refractivity contribution in [3.8, 4) is 34.1 Å². The fraction of sp³-hybridized carbons (Fsp3) is 0.0545. The van der Waals surface area contributed by atoms with E-state index in [2.05, 4.69) is 224 Å². The monoisotopic (exact) mass is 770 g/mol. The quantitative estimate of drug-likeness (QED) is 0.157. The molecule has 0 bridgehead atoms. The number of fused-ring (bicyclic) bond motifs is 9. The molecule has 0 saturated carbocycles. The molecule has 0 spiro atoms. The van der Waals surface area contributed by atoms with E-state index < -0.39 is 0 Å². The molecular formula is C55H39BN2O2. The lowest BCUT2D eigenvalue weighted by Crippen LogP contribution is -2.57. The van der Waals surface area contributed by atoms with Gasteiger partial charge in [0.25, 0.3) is 6.71 Å². The number of hydrogen-bond acceptors (Lipinski definition) is 4. The van der Waals surface area contributed by atoms with Crippen molar-refractivity contribution < 1.29 is 9.47 Å². The van der Waals surface area contributed by atoms with Gasteiger partial charge in [0.15, 0.2) is 0 Å². The minimum atomic E-state index is -0.305. The molecule has 9 aromatic rings. The van der Waals surface area contributed by atoms with E-state index in [0.717, 1.165) is 73.5 Å². The lowest BCUT2D eigenvalue weighted by atomic mass is 9.34. The summed E-state index contributed by atoms with van der Waals surface area (Å²) in [5.41, 5.74) is 14.7. The minimum absolute atomic E-state index is 0.0663. The first-order valence-electron chi connectivity index (χ1n) is 20.7. The summed E-state index contributed by atoms with van der Waals surface area (Å²) in [4.78, 5) is 4.67. The SMILES string of the molecule is CC1(C)c2cc3c(cc2-c2c1cc(N(c1ccccc1)c1ccccc1)c1ccccc21)Oc1cc(N(c2ccccc2)c2ccccc2)cc2c1B3c1ccccc1O2. The third-order valence-corrected chi connectivity index (χ3v) is 12.7. The summed E-state index contributed by atoms with van der Waals surface area (Å²) in [6.45, 7) is 4.70. The predicted molar refractivity (Wildman–Crippen MR) is 249 cm³/mol. The van der Waals surface area contributed by atoms with Crippen LogP contribution in [0.1, 0.15) is 25.0 Å². The van der Waals surface area contributed by atoms with Crippen LogP contribution < -0.4 is 35.7 Å². The molecule has 0 aromatic heterocycles. The maximum absolute atomic E-state index is 7.19. The Kier molecular flexibility index (Phi) is 7.64. The number of hydrogen-bond donors (Lipinski definition) is 0. The summed E-state index contributed by atoms with van der Waals surface area (Å²) < 4.78 is 14.0. The van der Waals surface area contributed by atoms with Crippen molar-refractivity contribution in [1.82, 2.24) is 0 Å². The fourth-order valence-corrected chi connectivity index (χ4v) is 9.98. The molecule has 3 aliphatic rings. The van der Waals surface area contributed by atoms with Crippen LogP contribution in [-0.2, 0) is 5.41 Å². The molecule has 4 nitrogen and oxygen atoms in total. The van der Waals surface area contributed by atoms with E-state index in [-0.39, 0.29) is 12.1 Å². The van der Waals surface area contributed by atoms with Crippen LogP contribution in [0.3, 0.4) is 0 Å². The van der Waals surface area contributed by atoms with E-state index in [1.807, 2.05) is 0 Å². The molecule has 12 rings (SSSR count). The van der Waals surface area contributed by atoms with Crippen molar-refractivity contribution in [2.24, 2.45) is 0 Å². The third kappa shape index (κ3) is 5.18. The molecule has 0 amide bonds. The van der Waals surface area contributed by atoms with Gasteiger partial charge in [0.05, 0.1) is 11.4 Å². The molecule has 0 saturated heterocycles. The molecule has 0 fully saturated rings. The highest BCUT2D eigenvalue weighted by Gasteiger charge is 2.45. The highest BCUT2D eigenvalue weighted by Crippen LogP contribution is 2.56. The summed E-state index contributed by atoms with van der Waals surface area (Å²) in [6, 6.07) is 71.4. The smallest absolute Gasteiger partial charge is 0.260 e. The van der Waals surface area contributed by atoms with Crippen LogP contribution in [0.4, 0.5) is 34.1 Å². The van der Waals surface area contributed by atoms with E-state index in [1.165, 1.54) is 33.0 Å². The fourth-order valence-electron chi connectivity index (χ4n) is 9.98. The second-order valence-corrected chi connectivity index (χ2v) is 16.5. The van der Waals surface area contributed by atoms with Gasteiger partial charge in [-0.3, -0.25) is 0 Å². The Labute approximate surface area is 350 Å². The van der Waals surface area contributed by atoms with Crippen LogP contribution >= 0.6 is 0 Å². The molecule has 60 heavy (non-hydrogen) atoms. The van der Waals surface area contributed by atoms with Crippen molar-refractivity contribution in [2.45, 2.75) is 19.3 Å². The van der Waals surface area contributed by atoms with Crippen molar-refractivity contribution >= 4 is 68.0 Å². The van der Waals surface area contributed by atoms with Gasteiger partial charge in [-0.15, -0.1) is 0 Å². The van der Waals surface area contributed by atoms with Gasteiger partial charge in [-0.25, -0.2) is 0 Å². The first-order valence-corrected chi connectivity index (χ1v) is 20.7. The molecule has 5 heteroatoms. The summed E-state index contributed by atoms with van der Waals surface area (Å²) in [5.74, 6) is 3.38. The van der Waals surface area contributed by atoms with Gasteiger partial charge in [0.1, 0.15) is 23.0 Å². The Morgan fingerprint density at radius 1 is 0.400 bits per heavy atom. The first kappa shape index (κ1) is 34.5. The Morgan fingerprint density at radius 2 is 0.900 bits per heavy atom. The molecule has 2 aliphatic heterocycles. The van der Waals surface area contributed by atoms with Gasteiger partial charge in [0, 0.05) is 51.1 Å². The Hall–Kier alpha value is -7.50. The summed E-state index contributed by atoms with van der Waals surface area (Å²) >= 11 is 0. The summed E-state index contributed by atoms with van der Waals surface area (Å²) in [6.07, 6.45) is 0. The molecule has 284 valence electrons. The van der Waals surface area contributed by atoms with Crippen molar-refractivity contribution in [2.75, 3.05) is 9.80 Å². The van der Waals surface area contributed by atoms with Gasteiger partial charge < -0.3 is 19.3 Å². The van der Waals surface area contributed by atoms with E-state index in [9.17, 15) is 0 Å². The zero-order valence-electron chi connectivity index (χ0n) is 33.3. The lowest BCUT2D eigenvalue weighted by molar-refractivity contribution is 0.464. The Morgan fingerprint density at radius 3 is 1.50 bits per heavy atom. The van der Waals surface area contributed by atoms with Crippen LogP contribution in [0.5, 0.6) is 23.0 Å². The zero-order chi connectivity index (χ0) is 40.0. The largest absolute Gasteiger partial charge is 0.458 e. The Bertz CT molecular complexity index is 3050. The van der Waals surface area contributed by atoms with Crippen molar-refractivity contribution in [1.29, 1.82) is 0 Å². The van der Waals surface area contributed by atoms with Gasteiger partial charge in [-0.2, -0.15) is 0 Å². The number of nitrogens with zero attached hydrogens (tertiary/aromatic N) is 2. The average Bonchev–Trinajstić information content (AvgIpc) is 3.51. The molecular weight excluding hydrogens is 731 g/mol. The summed E-state index contributed by atoms with van der Waals surface area (Å²) in [7, 11) is 0. The minimum Gasteiger partial charge on any atom is -0.458 e. The van der Waals surface area contributed by atoms with Gasteiger partial charge in [-0.05, 0) is 105 Å².